The van der Waals surface area contributed by atoms with Gasteiger partial charge in [0.15, 0.2) is 0 Å². The highest BCUT2D eigenvalue weighted by Crippen LogP contribution is 2.19. The molecule has 0 aliphatic rings. The Morgan fingerprint density at radius 3 is 2.68 bits per heavy atom. The van der Waals surface area contributed by atoms with Crippen molar-refractivity contribution in [2.45, 2.75) is 13.5 Å². The fraction of sp³-hybridized carbons (Fsp3) is 0.400. The van der Waals surface area contributed by atoms with Crippen molar-refractivity contribution in [1.82, 2.24) is 19.9 Å². The molecule has 2 rings (SSSR count). The second kappa shape index (κ2) is 6.65. The standard InChI is InChI=1S/C15H19FN4O2/c1-10-5-6-11(7-12(10)16)15-17-13(22-18-15)8-20(4)9-14(21)19(2)3/h5-7H,8-9H2,1-4H3. The minimum atomic E-state index is -0.308. The second-order valence-electron chi connectivity index (χ2n) is 5.44. The molecule has 0 bridgehead atoms. The molecule has 118 valence electrons. The molecule has 0 aliphatic heterocycles. The Hall–Kier alpha value is -2.28. The number of rotatable bonds is 5. The van der Waals surface area contributed by atoms with Crippen LogP contribution >= 0.6 is 0 Å². The molecule has 2 aromatic rings. The average molecular weight is 306 g/mol. The summed E-state index contributed by atoms with van der Waals surface area (Å²) in [6.45, 7) is 2.29. The molecular formula is C15H19FN4O2. The zero-order valence-corrected chi connectivity index (χ0v) is 13.1. The van der Waals surface area contributed by atoms with Crippen LogP contribution in [0.4, 0.5) is 4.39 Å². The first-order chi connectivity index (χ1) is 10.4. The lowest BCUT2D eigenvalue weighted by Crippen LogP contribution is -2.34. The molecule has 6 nitrogen and oxygen atoms in total. The van der Waals surface area contributed by atoms with Crippen LogP contribution in [0.25, 0.3) is 11.4 Å². The number of halogens is 1. The number of nitrogens with zero attached hydrogens (tertiary/aromatic N) is 4. The third kappa shape index (κ3) is 3.88. The van der Waals surface area contributed by atoms with Crippen LogP contribution < -0.4 is 0 Å². The van der Waals surface area contributed by atoms with E-state index in [0.29, 0.717) is 29.4 Å². The van der Waals surface area contributed by atoms with E-state index in [9.17, 15) is 9.18 Å². The molecule has 0 fully saturated rings. The van der Waals surface area contributed by atoms with Crippen LogP contribution in [0.1, 0.15) is 11.5 Å². The third-order valence-electron chi connectivity index (χ3n) is 3.21. The molecule has 0 atom stereocenters. The van der Waals surface area contributed by atoms with Crippen molar-refractivity contribution in [3.05, 3.63) is 35.5 Å². The molecule has 1 heterocycles. The molecule has 1 amide bonds. The Balaban J connectivity index is 2.05. The summed E-state index contributed by atoms with van der Waals surface area (Å²) in [5.41, 5.74) is 1.12. The van der Waals surface area contributed by atoms with Crippen LogP contribution in [-0.2, 0) is 11.3 Å². The van der Waals surface area contributed by atoms with Crippen LogP contribution in [0.3, 0.4) is 0 Å². The number of amides is 1. The molecule has 0 saturated heterocycles. The predicted molar refractivity (Wildman–Crippen MR) is 79.5 cm³/mol. The van der Waals surface area contributed by atoms with Crippen LogP contribution in [0, 0.1) is 12.7 Å². The molecule has 0 spiro atoms. The number of hydrogen-bond acceptors (Lipinski definition) is 5. The van der Waals surface area contributed by atoms with Crippen molar-refractivity contribution in [3.63, 3.8) is 0 Å². The van der Waals surface area contributed by atoms with Gasteiger partial charge < -0.3 is 9.42 Å². The largest absolute Gasteiger partial charge is 0.348 e. The summed E-state index contributed by atoms with van der Waals surface area (Å²) in [5, 5.41) is 3.85. The highest BCUT2D eigenvalue weighted by molar-refractivity contribution is 5.77. The number of benzene rings is 1. The van der Waals surface area contributed by atoms with Gasteiger partial charge in [0.25, 0.3) is 0 Å². The molecule has 22 heavy (non-hydrogen) atoms. The SMILES string of the molecule is Cc1ccc(-c2noc(CN(C)CC(=O)N(C)C)n2)cc1F. The predicted octanol–water partition coefficient (Wildman–Crippen LogP) is 1.70. The van der Waals surface area contributed by atoms with E-state index >= 15 is 0 Å². The van der Waals surface area contributed by atoms with Crippen molar-refractivity contribution < 1.29 is 13.7 Å². The average Bonchev–Trinajstić information content (AvgIpc) is 2.90. The lowest BCUT2D eigenvalue weighted by molar-refractivity contribution is -0.129. The number of aromatic nitrogens is 2. The van der Waals surface area contributed by atoms with Gasteiger partial charge in [-0.15, -0.1) is 0 Å². The van der Waals surface area contributed by atoms with Crippen LogP contribution in [0.5, 0.6) is 0 Å². The van der Waals surface area contributed by atoms with E-state index in [4.69, 9.17) is 4.52 Å². The summed E-state index contributed by atoms with van der Waals surface area (Å²) in [6.07, 6.45) is 0. The lowest BCUT2D eigenvalue weighted by Gasteiger charge is -2.16. The first-order valence-corrected chi connectivity index (χ1v) is 6.84. The number of hydrogen-bond donors (Lipinski definition) is 0. The minimum Gasteiger partial charge on any atom is -0.348 e. The van der Waals surface area contributed by atoms with Gasteiger partial charge in [0, 0.05) is 19.7 Å². The summed E-state index contributed by atoms with van der Waals surface area (Å²) >= 11 is 0. The molecular weight excluding hydrogens is 287 g/mol. The van der Waals surface area contributed by atoms with Crippen LogP contribution in [-0.4, -0.2) is 53.5 Å². The van der Waals surface area contributed by atoms with Crippen molar-refractivity contribution in [3.8, 4) is 11.4 Å². The van der Waals surface area contributed by atoms with Crippen LogP contribution in [0.15, 0.2) is 22.7 Å². The zero-order valence-electron chi connectivity index (χ0n) is 13.1. The summed E-state index contributed by atoms with van der Waals surface area (Å²) in [7, 11) is 5.19. The maximum atomic E-state index is 13.6. The Labute approximate surface area is 128 Å². The van der Waals surface area contributed by atoms with Gasteiger partial charge in [-0.2, -0.15) is 4.98 Å². The number of carbonyl (C=O) groups is 1. The highest BCUT2D eigenvalue weighted by Gasteiger charge is 2.14. The fourth-order valence-corrected chi connectivity index (χ4v) is 1.83. The Bertz CT molecular complexity index is 669. The van der Waals surface area contributed by atoms with Gasteiger partial charge in [0.05, 0.1) is 13.1 Å². The van der Waals surface area contributed by atoms with Gasteiger partial charge in [0.1, 0.15) is 5.82 Å². The van der Waals surface area contributed by atoms with E-state index in [-0.39, 0.29) is 18.3 Å². The van der Waals surface area contributed by atoms with E-state index in [1.54, 1.807) is 45.1 Å². The molecule has 0 N–H and O–H groups in total. The summed E-state index contributed by atoms with van der Waals surface area (Å²) in [5.74, 6) is 0.395. The summed E-state index contributed by atoms with van der Waals surface area (Å²) < 4.78 is 18.7. The molecule has 1 aromatic carbocycles. The smallest absolute Gasteiger partial charge is 0.241 e. The quantitative estimate of drug-likeness (QED) is 0.841. The van der Waals surface area contributed by atoms with E-state index in [0.717, 1.165) is 0 Å². The van der Waals surface area contributed by atoms with Crippen molar-refractivity contribution in [2.75, 3.05) is 27.7 Å². The van der Waals surface area contributed by atoms with Gasteiger partial charge in [-0.3, -0.25) is 9.69 Å². The van der Waals surface area contributed by atoms with Crippen molar-refractivity contribution in [2.24, 2.45) is 0 Å². The molecule has 0 radical (unpaired) electrons. The van der Waals surface area contributed by atoms with E-state index in [1.807, 2.05) is 0 Å². The van der Waals surface area contributed by atoms with Gasteiger partial charge >= 0.3 is 0 Å². The maximum absolute atomic E-state index is 13.6. The topological polar surface area (TPSA) is 62.5 Å². The monoisotopic (exact) mass is 306 g/mol. The van der Waals surface area contributed by atoms with E-state index in [1.165, 1.54) is 11.0 Å². The zero-order chi connectivity index (χ0) is 16.3. The molecule has 0 aliphatic carbocycles. The summed E-state index contributed by atoms with van der Waals surface area (Å²) in [4.78, 5) is 19.1. The fourth-order valence-electron chi connectivity index (χ4n) is 1.83. The first kappa shape index (κ1) is 16.1. The molecule has 0 unspecified atom stereocenters. The number of likely N-dealkylation sites (N-methyl/N-ethyl adjacent to an activating group) is 2. The second-order valence-corrected chi connectivity index (χ2v) is 5.44. The lowest BCUT2D eigenvalue weighted by atomic mass is 10.1. The number of aryl methyl sites for hydroxylation is 1. The van der Waals surface area contributed by atoms with Gasteiger partial charge in [-0.1, -0.05) is 17.3 Å². The number of carbonyl (C=O) groups excluding carboxylic acids is 1. The van der Waals surface area contributed by atoms with Gasteiger partial charge in [-0.05, 0) is 25.6 Å². The van der Waals surface area contributed by atoms with Crippen LogP contribution in [0.2, 0.25) is 0 Å². The van der Waals surface area contributed by atoms with Gasteiger partial charge in [-0.25, -0.2) is 4.39 Å². The third-order valence-corrected chi connectivity index (χ3v) is 3.21. The van der Waals surface area contributed by atoms with E-state index in [2.05, 4.69) is 10.1 Å². The Morgan fingerprint density at radius 1 is 1.32 bits per heavy atom. The Morgan fingerprint density at radius 2 is 2.05 bits per heavy atom. The molecule has 7 heteroatoms. The maximum Gasteiger partial charge on any atom is 0.241 e. The van der Waals surface area contributed by atoms with Gasteiger partial charge in [0.2, 0.25) is 17.6 Å². The summed E-state index contributed by atoms with van der Waals surface area (Å²) in [6, 6.07) is 4.79. The van der Waals surface area contributed by atoms with E-state index < -0.39 is 0 Å². The molecule has 1 aromatic heterocycles. The normalized spacial score (nSPS) is 11.0. The van der Waals surface area contributed by atoms with Crippen molar-refractivity contribution in [1.29, 1.82) is 0 Å². The minimum absolute atomic E-state index is 0.0113. The highest BCUT2D eigenvalue weighted by atomic mass is 19.1. The van der Waals surface area contributed by atoms with Crippen molar-refractivity contribution >= 4 is 5.91 Å². The first-order valence-electron chi connectivity index (χ1n) is 6.84. The Kier molecular flexibility index (Phi) is 4.87. The molecule has 0 saturated carbocycles.